The van der Waals surface area contributed by atoms with Gasteiger partial charge in [0.2, 0.25) is 10.0 Å². The fourth-order valence-electron chi connectivity index (χ4n) is 3.24. The van der Waals surface area contributed by atoms with Gasteiger partial charge in [0.05, 0.1) is 25.1 Å². The highest BCUT2D eigenvalue weighted by molar-refractivity contribution is 7.88. The van der Waals surface area contributed by atoms with Gasteiger partial charge in [-0.05, 0) is 30.2 Å². The highest BCUT2D eigenvalue weighted by Gasteiger charge is 2.25. The van der Waals surface area contributed by atoms with Crippen LogP contribution in [0.5, 0.6) is 5.75 Å². The molecule has 1 aliphatic rings. The average molecular weight is 364 g/mol. The lowest BCUT2D eigenvalue weighted by molar-refractivity contribution is 0.162. The van der Waals surface area contributed by atoms with Crippen molar-refractivity contribution in [3.05, 3.63) is 47.8 Å². The summed E-state index contributed by atoms with van der Waals surface area (Å²) in [6.45, 7) is 2.89. The van der Waals surface area contributed by atoms with E-state index in [0.717, 1.165) is 31.1 Å². The Balaban J connectivity index is 1.68. The van der Waals surface area contributed by atoms with E-state index in [0.29, 0.717) is 13.0 Å². The number of sulfonamides is 1. The number of nitrogens with zero attached hydrogens (tertiary/aromatic N) is 3. The lowest BCUT2D eigenvalue weighted by Gasteiger charge is -2.34. The van der Waals surface area contributed by atoms with E-state index in [4.69, 9.17) is 4.74 Å². The smallest absolute Gasteiger partial charge is 0.208 e. The van der Waals surface area contributed by atoms with E-state index in [9.17, 15) is 8.42 Å². The minimum atomic E-state index is -3.17. The van der Waals surface area contributed by atoms with Crippen LogP contribution in [0, 0.1) is 0 Å². The van der Waals surface area contributed by atoms with Gasteiger partial charge >= 0.3 is 0 Å². The first-order chi connectivity index (χ1) is 11.9. The van der Waals surface area contributed by atoms with Crippen molar-refractivity contribution < 1.29 is 13.2 Å². The molecule has 2 aromatic rings. The van der Waals surface area contributed by atoms with E-state index in [1.807, 2.05) is 28.9 Å². The molecule has 1 aromatic carbocycles. The molecule has 0 unspecified atom stereocenters. The Morgan fingerprint density at radius 2 is 2.20 bits per heavy atom. The normalized spacial score (nSPS) is 18.1. The molecule has 0 radical (unpaired) electrons. The summed E-state index contributed by atoms with van der Waals surface area (Å²) < 4.78 is 32.4. The van der Waals surface area contributed by atoms with Crippen molar-refractivity contribution in [2.24, 2.45) is 0 Å². The number of aromatic nitrogens is 2. The van der Waals surface area contributed by atoms with Crippen molar-refractivity contribution in [3.63, 3.8) is 0 Å². The molecule has 1 aliphatic heterocycles. The average Bonchev–Trinajstić information content (AvgIpc) is 3.02. The molecule has 8 heteroatoms. The molecule has 0 amide bonds. The van der Waals surface area contributed by atoms with Crippen LogP contribution < -0.4 is 9.46 Å². The molecule has 7 nitrogen and oxygen atoms in total. The molecule has 1 atom stereocenters. The second kappa shape index (κ2) is 7.55. The van der Waals surface area contributed by atoms with E-state index in [1.54, 1.807) is 13.3 Å². The molecule has 1 N–H and O–H groups in total. The fraction of sp³-hybridized carbons (Fsp3) is 0.471. The highest BCUT2D eigenvalue weighted by Crippen LogP contribution is 2.25. The zero-order valence-electron chi connectivity index (χ0n) is 14.6. The van der Waals surface area contributed by atoms with Crippen molar-refractivity contribution >= 4 is 10.0 Å². The molecule has 1 aromatic heterocycles. The Hall–Kier alpha value is -1.90. The van der Waals surface area contributed by atoms with Crippen molar-refractivity contribution in [2.45, 2.75) is 25.6 Å². The largest absolute Gasteiger partial charge is 0.497 e. The summed E-state index contributed by atoms with van der Waals surface area (Å²) in [6, 6.07) is 10.2. The first kappa shape index (κ1) is 17.9. The van der Waals surface area contributed by atoms with Gasteiger partial charge in [0.1, 0.15) is 5.75 Å². The van der Waals surface area contributed by atoms with Crippen molar-refractivity contribution in [2.75, 3.05) is 26.5 Å². The maximum atomic E-state index is 11.3. The van der Waals surface area contributed by atoms with Gasteiger partial charge in [0.25, 0.3) is 0 Å². The van der Waals surface area contributed by atoms with Crippen LogP contribution in [0.4, 0.5) is 0 Å². The molecule has 0 spiro atoms. The van der Waals surface area contributed by atoms with Gasteiger partial charge in [-0.1, -0.05) is 12.1 Å². The van der Waals surface area contributed by atoms with Crippen LogP contribution in [0.2, 0.25) is 0 Å². The van der Waals surface area contributed by atoms with Gasteiger partial charge in [0, 0.05) is 32.4 Å². The second-order valence-electron chi connectivity index (χ2n) is 6.40. The van der Waals surface area contributed by atoms with Crippen LogP contribution in [0.3, 0.4) is 0 Å². The Morgan fingerprint density at radius 3 is 2.96 bits per heavy atom. The third-order valence-electron chi connectivity index (χ3n) is 4.33. The van der Waals surface area contributed by atoms with Gasteiger partial charge in [-0.15, -0.1) is 0 Å². The number of ether oxygens (including phenoxy) is 1. The monoisotopic (exact) mass is 364 g/mol. The zero-order valence-corrected chi connectivity index (χ0v) is 15.4. The molecule has 25 heavy (non-hydrogen) atoms. The number of hydrogen-bond donors (Lipinski definition) is 1. The van der Waals surface area contributed by atoms with Crippen LogP contribution in [-0.4, -0.2) is 49.6 Å². The van der Waals surface area contributed by atoms with Crippen molar-refractivity contribution in [1.82, 2.24) is 19.4 Å². The molecule has 0 fully saturated rings. The molecule has 0 bridgehead atoms. The van der Waals surface area contributed by atoms with Crippen LogP contribution in [0.1, 0.15) is 23.7 Å². The van der Waals surface area contributed by atoms with Crippen LogP contribution in [-0.2, 0) is 23.1 Å². The number of fused-ring (bicyclic) bond motifs is 1. The minimum absolute atomic E-state index is 0.151. The van der Waals surface area contributed by atoms with Gasteiger partial charge in [-0.3, -0.25) is 9.58 Å². The van der Waals surface area contributed by atoms with Gasteiger partial charge in [-0.2, -0.15) is 5.10 Å². The molecule has 3 rings (SSSR count). The third-order valence-corrected chi connectivity index (χ3v) is 5.06. The van der Waals surface area contributed by atoms with E-state index >= 15 is 0 Å². The Labute approximate surface area is 148 Å². The summed E-state index contributed by atoms with van der Waals surface area (Å²) in [7, 11) is -1.50. The minimum Gasteiger partial charge on any atom is -0.497 e. The van der Waals surface area contributed by atoms with E-state index in [1.165, 1.54) is 11.8 Å². The SMILES string of the molecule is COc1cccc(CN2Cc3ccnn3[C@H](CCNS(C)(=O)=O)C2)c1. The molecule has 0 saturated carbocycles. The summed E-state index contributed by atoms with van der Waals surface area (Å²) in [6.07, 6.45) is 3.69. The van der Waals surface area contributed by atoms with E-state index in [-0.39, 0.29) is 6.04 Å². The molecular formula is C17H24N4O3S. The summed E-state index contributed by atoms with van der Waals surface area (Å²) in [4.78, 5) is 2.36. The second-order valence-corrected chi connectivity index (χ2v) is 8.23. The third kappa shape index (κ3) is 4.81. The predicted molar refractivity (Wildman–Crippen MR) is 95.8 cm³/mol. The summed E-state index contributed by atoms with van der Waals surface area (Å²) >= 11 is 0. The molecule has 136 valence electrons. The lowest BCUT2D eigenvalue weighted by Crippen LogP contribution is -2.38. The van der Waals surface area contributed by atoms with Crippen LogP contribution >= 0.6 is 0 Å². The molecular weight excluding hydrogens is 340 g/mol. The van der Waals surface area contributed by atoms with Gasteiger partial charge in [-0.25, -0.2) is 13.1 Å². The zero-order chi connectivity index (χ0) is 17.9. The Bertz CT molecular complexity index is 819. The highest BCUT2D eigenvalue weighted by atomic mass is 32.2. The number of benzene rings is 1. The fourth-order valence-corrected chi connectivity index (χ4v) is 3.73. The first-order valence-corrected chi connectivity index (χ1v) is 10.2. The molecule has 0 aliphatic carbocycles. The van der Waals surface area contributed by atoms with Crippen molar-refractivity contribution in [3.8, 4) is 5.75 Å². The Morgan fingerprint density at radius 1 is 1.36 bits per heavy atom. The Kier molecular flexibility index (Phi) is 5.41. The quantitative estimate of drug-likeness (QED) is 0.803. The van der Waals surface area contributed by atoms with Crippen LogP contribution in [0.15, 0.2) is 36.5 Å². The lowest BCUT2D eigenvalue weighted by atomic mass is 10.1. The summed E-state index contributed by atoms with van der Waals surface area (Å²) in [5.41, 5.74) is 2.35. The standard InChI is InChI=1S/C17H24N4O3S/c1-24-17-5-3-4-14(10-17)11-20-12-15-6-8-18-21(15)16(13-20)7-9-19-25(2,22)23/h3-6,8,10,16,19H,7,9,11-13H2,1-2H3/t16-/m1/s1. The van der Waals surface area contributed by atoms with Crippen LogP contribution in [0.25, 0.3) is 0 Å². The summed E-state index contributed by atoms with van der Waals surface area (Å²) in [5.74, 6) is 0.855. The predicted octanol–water partition coefficient (Wildman–Crippen LogP) is 1.39. The van der Waals surface area contributed by atoms with Gasteiger partial charge in [0.15, 0.2) is 0 Å². The maximum absolute atomic E-state index is 11.3. The topological polar surface area (TPSA) is 76.5 Å². The maximum Gasteiger partial charge on any atom is 0.208 e. The molecule has 0 saturated heterocycles. The first-order valence-electron chi connectivity index (χ1n) is 8.27. The van der Waals surface area contributed by atoms with Gasteiger partial charge < -0.3 is 4.74 Å². The number of nitrogens with one attached hydrogen (secondary N) is 1. The summed E-state index contributed by atoms with van der Waals surface area (Å²) in [5, 5.41) is 4.41. The van der Waals surface area contributed by atoms with E-state index < -0.39 is 10.0 Å². The van der Waals surface area contributed by atoms with Crippen molar-refractivity contribution in [1.29, 1.82) is 0 Å². The van der Waals surface area contributed by atoms with E-state index in [2.05, 4.69) is 20.8 Å². The number of methoxy groups -OCH3 is 1. The number of rotatable bonds is 7. The molecule has 2 heterocycles. The number of hydrogen-bond acceptors (Lipinski definition) is 5.